The number of piperidine rings is 1. The Hall–Kier alpha value is -2.71. The molecular weight excluding hydrogens is 339 g/mol. The summed E-state index contributed by atoms with van der Waals surface area (Å²) < 4.78 is 47.5. The number of amides is 1. The van der Waals surface area contributed by atoms with Crippen LogP contribution in [0, 0.1) is 0 Å². The number of hydrogen-bond donors (Lipinski definition) is 0. The van der Waals surface area contributed by atoms with E-state index in [4.69, 9.17) is 4.74 Å². The standard InChI is InChI=1S/C16H14F3N3O3/c17-16(18,19)12-4-3-11-15(5-8-21(9-6-15)14(23)24)25-13-10(22(11)12)2-1-7-20-13/h1-4,7H,5-6,8-9H2,(H,23,24)/p-1. The van der Waals surface area contributed by atoms with Gasteiger partial charge in [-0.3, -0.25) is 0 Å². The molecule has 0 N–H and O–H groups in total. The highest BCUT2D eigenvalue weighted by Gasteiger charge is 2.48. The average Bonchev–Trinajstić information content (AvgIpc) is 3.02. The molecule has 4 heterocycles. The van der Waals surface area contributed by atoms with Crippen molar-refractivity contribution < 1.29 is 27.8 Å². The number of hydrogen-bond acceptors (Lipinski definition) is 4. The van der Waals surface area contributed by atoms with E-state index in [1.165, 1.54) is 18.3 Å². The molecular formula is C16H13F3N3O3-. The molecule has 0 atom stereocenters. The van der Waals surface area contributed by atoms with Crippen molar-refractivity contribution in [2.45, 2.75) is 24.6 Å². The highest BCUT2D eigenvalue weighted by atomic mass is 19.4. The van der Waals surface area contributed by atoms with Crippen LogP contribution in [0.2, 0.25) is 0 Å². The summed E-state index contributed by atoms with van der Waals surface area (Å²) in [5.41, 5.74) is -1.26. The number of carbonyl (C=O) groups excluding carboxylic acids is 1. The van der Waals surface area contributed by atoms with Crippen molar-refractivity contribution >= 4 is 6.09 Å². The van der Waals surface area contributed by atoms with Crippen LogP contribution in [-0.4, -0.2) is 33.6 Å². The molecule has 6 nitrogen and oxygen atoms in total. The van der Waals surface area contributed by atoms with E-state index < -0.39 is 23.6 Å². The van der Waals surface area contributed by atoms with E-state index in [0.717, 1.165) is 15.5 Å². The van der Waals surface area contributed by atoms with Crippen LogP contribution in [0.1, 0.15) is 24.2 Å². The summed E-state index contributed by atoms with van der Waals surface area (Å²) in [5.74, 6) is 0.110. The summed E-state index contributed by atoms with van der Waals surface area (Å²) in [6.45, 7) is 0.244. The summed E-state index contributed by atoms with van der Waals surface area (Å²) >= 11 is 0. The van der Waals surface area contributed by atoms with Crippen LogP contribution in [0.25, 0.3) is 5.69 Å². The number of pyridine rings is 1. The molecule has 0 aromatic carbocycles. The number of rotatable bonds is 0. The summed E-state index contributed by atoms with van der Waals surface area (Å²) in [6.07, 6.45) is -3.94. The fourth-order valence-corrected chi connectivity index (χ4v) is 3.55. The fourth-order valence-electron chi connectivity index (χ4n) is 3.55. The monoisotopic (exact) mass is 352 g/mol. The van der Waals surface area contributed by atoms with Gasteiger partial charge in [0, 0.05) is 32.1 Å². The smallest absolute Gasteiger partial charge is 0.431 e. The lowest BCUT2D eigenvalue weighted by Gasteiger charge is -2.45. The maximum Gasteiger partial charge on any atom is 0.431 e. The van der Waals surface area contributed by atoms with E-state index >= 15 is 0 Å². The highest BCUT2D eigenvalue weighted by molar-refractivity contribution is 5.62. The van der Waals surface area contributed by atoms with Gasteiger partial charge in [0.1, 0.15) is 17.5 Å². The maximum absolute atomic E-state index is 13.5. The van der Waals surface area contributed by atoms with Gasteiger partial charge in [-0.05, 0) is 24.3 Å². The Labute approximate surface area is 140 Å². The molecule has 9 heteroatoms. The van der Waals surface area contributed by atoms with Gasteiger partial charge in [0.05, 0.1) is 5.69 Å². The topological polar surface area (TPSA) is 70.4 Å². The van der Waals surface area contributed by atoms with Gasteiger partial charge in [-0.2, -0.15) is 13.2 Å². The molecule has 2 aromatic rings. The van der Waals surface area contributed by atoms with Crippen LogP contribution < -0.4 is 9.84 Å². The zero-order valence-electron chi connectivity index (χ0n) is 12.9. The van der Waals surface area contributed by atoms with E-state index in [1.807, 2.05) is 0 Å². The molecule has 0 saturated carbocycles. The van der Waals surface area contributed by atoms with E-state index in [1.54, 1.807) is 6.07 Å². The molecule has 1 fully saturated rings. The highest BCUT2D eigenvalue weighted by Crippen LogP contribution is 2.47. The minimum atomic E-state index is -4.53. The first kappa shape index (κ1) is 15.8. The molecule has 4 rings (SSSR count). The lowest BCUT2D eigenvalue weighted by Crippen LogP contribution is -2.53. The Morgan fingerprint density at radius 1 is 1.24 bits per heavy atom. The largest absolute Gasteiger partial charge is 0.530 e. The Bertz CT molecular complexity index is 839. The van der Waals surface area contributed by atoms with Gasteiger partial charge >= 0.3 is 6.18 Å². The zero-order chi connectivity index (χ0) is 17.8. The van der Waals surface area contributed by atoms with E-state index in [0.29, 0.717) is 5.69 Å². The Kier molecular flexibility index (Phi) is 3.25. The molecule has 0 unspecified atom stereocenters. The molecule has 1 amide bonds. The predicted octanol–water partition coefficient (Wildman–Crippen LogP) is 1.92. The van der Waals surface area contributed by atoms with Gasteiger partial charge < -0.3 is 24.1 Å². The van der Waals surface area contributed by atoms with Crippen molar-refractivity contribution in [2.75, 3.05) is 13.1 Å². The summed E-state index contributed by atoms with van der Waals surface area (Å²) in [7, 11) is 0. The summed E-state index contributed by atoms with van der Waals surface area (Å²) in [6, 6.07) is 5.48. The summed E-state index contributed by atoms with van der Waals surface area (Å²) in [4.78, 5) is 16.2. The van der Waals surface area contributed by atoms with Crippen LogP contribution in [0.15, 0.2) is 30.5 Å². The van der Waals surface area contributed by atoms with E-state index in [-0.39, 0.29) is 37.5 Å². The van der Waals surface area contributed by atoms with E-state index in [2.05, 4.69) is 4.98 Å². The lowest BCUT2D eigenvalue weighted by atomic mass is 9.87. The second kappa shape index (κ2) is 5.14. The van der Waals surface area contributed by atoms with Gasteiger partial charge in [-0.15, -0.1) is 0 Å². The van der Waals surface area contributed by atoms with Crippen LogP contribution in [0.5, 0.6) is 5.88 Å². The quantitative estimate of drug-likeness (QED) is 0.726. The predicted molar refractivity (Wildman–Crippen MR) is 77.1 cm³/mol. The van der Waals surface area contributed by atoms with E-state index in [9.17, 15) is 23.1 Å². The number of fused-ring (bicyclic) bond motifs is 4. The number of carboxylic acid groups (broad SMARTS) is 1. The number of likely N-dealkylation sites (tertiary alicyclic amines) is 1. The Morgan fingerprint density at radius 3 is 2.60 bits per heavy atom. The van der Waals surface area contributed by atoms with Crippen LogP contribution in [-0.2, 0) is 11.8 Å². The number of aromatic nitrogens is 2. The Morgan fingerprint density at radius 2 is 1.96 bits per heavy atom. The third kappa shape index (κ3) is 2.33. The minimum absolute atomic E-state index is 0.110. The van der Waals surface area contributed by atoms with Crippen molar-refractivity contribution in [3.8, 4) is 11.6 Å². The SMILES string of the molecule is O=C([O-])N1CCC2(CC1)Oc1ncccc1-n1c(C(F)(F)F)ccc12. The number of halogens is 3. The van der Waals surface area contributed by atoms with Crippen LogP contribution in [0.3, 0.4) is 0 Å². The second-order valence-electron chi connectivity index (χ2n) is 6.11. The number of ether oxygens (including phenoxy) is 1. The third-order valence-corrected chi connectivity index (χ3v) is 4.75. The van der Waals surface area contributed by atoms with Gasteiger partial charge in [-0.1, -0.05) is 0 Å². The van der Waals surface area contributed by atoms with Gasteiger partial charge in [0.2, 0.25) is 5.88 Å². The van der Waals surface area contributed by atoms with Crippen molar-refractivity contribution in [1.29, 1.82) is 0 Å². The van der Waals surface area contributed by atoms with Crippen molar-refractivity contribution in [1.82, 2.24) is 14.5 Å². The molecule has 25 heavy (non-hydrogen) atoms. The third-order valence-electron chi connectivity index (χ3n) is 4.75. The van der Waals surface area contributed by atoms with Gasteiger partial charge in [0.15, 0.2) is 5.60 Å². The molecule has 2 aliphatic rings. The molecule has 2 aliphatic heterocycles. The first-order valence-corrected chi connectivity index (χ1v) is 7.72. The average molecular weight is 352 g/mol. The number of alkyl halides is 3. The summed E-state index contributed by atoms with van der Waals surface area (Å²) in [5, 5.41) is 11.0. The molecule has 132 valence electrons. The molecule has 1 spiro atoms. The second-order valence-corrected chi connectivity index (χ2v) is 6.11. The minimum Gasteiger partial charge on any atom is -0.530 e. The molecule has 2 aromatic heterocycles. The van der Waals surface area contributed by atoms with Crippen LogP contribution >= 0.6 is 0 Å². The zero-order valence-corrected chi connectivity index (χ0v) is 12.9. The lowest BCUT2D eigenvalue weighted by molar-refractivity contribution is -0.267. The van der Waals surface area contributed by atoms with Gasteiger partial charge in [-0.25, -0.2) is 4.98 Å². The fraction of sp³-hybridized carbons (Fsp3) is 0.375. The first-order chi connectivity index (χ1) is 11.8. The number of carbonyl (C=O) groups is 1. The molecule has 0 aliphatic carbocycles. The van der Waals surface area contributed by atoms with Gasteiger partial charge in [0.25, 0.3) is 0 Å². The first-order valence-electron chi connectivity index (χ1n) is 7.72. The van der Waals surface area contributed by atoms with Crippen molar-refractivity contribution in [2.24, 2.45) is 0 Å². The van der Waals surface area contributed by atoms with Crippen molar-refractivity contribution in [3.63, 3.8) is 0 Å². The van der Waals surface area contributed by atoms with Crippen LogP contribution in [0.4, 0.5) is 18.0 Å². The Balaban J connectivity index is 1.85. The molecule has 1 saturated heterocycles. The molecule has 0 bridgehead atoms. The van der Waals surface area contributed by atoms with Crippen molar-refractivity contribution in [3.05, 3.63) is 41.9 Å². The number of nitrogens with zero attached hydrogens (tertiary/aromatic N) is 3. The normalized spacial score (nSPS) is 18.4. The molecule has 0 radical (unpaired) electrons. The maximum atomic E-state index is 13.5.